The average Bonchev–Trinajstić information content (AvgIpc) is 3.61. The van der Waals surface area contributed by atoms with Gasteiger partial charge in [-0.25, -0.2) is 0 Å². The van der Waals surface area contributed by atoms with E-state index in [2.05, 4.69) is 74.4 Å². The molecule has 0 fully saturated rings. The Hall–Kier alpha value is -4.72. The lowest BCUT2D eigenvalue weighted by atomic mass is 9.72. The van der Waals surface area contributed by atoms with E-state index in [4.69, 9.17) is 20.4 Å². The van der Waals surface area contributed by atoms with E-state index in [-0.39, 0.29) is 40.1 Å². The zero-order valence-electron chi connectivity index (χ0n) is 29.7. The summed E-state index contributed by atoms with van der Waals surface area (Å²) in [4.78, 5) is 3.07. The van der Waals surface area contributed by atoms with E-state index in [9.17, 15) is 10.2 Å². The minimum absolute atomic E-state index is 0.0747. The van der Waals surface area contributed by atoms with Crippen LogP contribution < -0.4 is 0 Å². The Labute approximate surface area is 283 Å². The van der Waals surface area contributed by atoms with Crippen LogP contribution in [-0.2, 0) is 11.8 Å². The second-order valence-corrected chi connectivity index (χ2v) is 16.5. The molecular formula is C40H48N6O2. The van der Waals surface area contributed by atoms with Gasteiger partial charge in [-0.3, -0.25) is 0 Å². The molecule has 0 radical (unpaired) electrons. The first kappa shape index (κ1) is 33.2. The van der Waals surface area contributed by atoms with Gasteiger partial charge in [0.2, 0.25) is 0 Å². The number of aromatic hydroxyl groups is 2. The number of hydrogen-bond donors (Lipinski definition) is 2. The lowest BCUT2D eigenvalue weighted by Gasteiger charge is -2.33. The summed E-state index contributed by atoms with van der Waals surface area (Å²) in [5.41, 5.74) is 7.52. The molecule has 2 aromatic heterocycles. The predicted octanol–water partition coefficient (Wildman–Crippen LogP) is 9.41. The third kappa shape index (κ3) is 6.93. The van der Waals surface area contributed by atoms with Gasteiger partial charge < -0.3 is 10.2 Å². The van der Waals surface area contributed by atoms with Gasteiger partial charge in [0.15, 0.2) is 0 Å². The fraction of sp³-hybridized carbons (Fsp3) is 0.400. The van der Waals surface area contributed by atoms with Gasteiger partial charge in [-0.2, -0.15) is 0 Å². The van der Waals surface area contributed by atoms with Gasteiger partial charge in [-0.05, 0) is 82.5 Å². The molecule has 8 nitrogen and oxygen atoms in total. The Morgan fingerprint density at radius 1 is 0.604 bits per heavy atom. The van der Waals surface area contributed by atoms with Gasteiger partial charge in [-0.15, -0.1) is 30.0 Å². The molecule has 2 heterocycles. The van der Waals surface area contributed by atoms with Crippen molar-refractivity contribution in [2.24, 2.45) is 10.8 Å². The van der Waals surface area contributed by atoms with Gasteiger partial charge in [-0.1, -0.05) is 98.7 Å². The normalized spacial score (nSPS) is 13.4. The number of aromatic nitrogens is 6. The summed E-state index contributed by atoms with van der Waals surface area (Å²) in [6.07, 6.45) is 2.16. The molecule has 0 saturated heterocycles. The maximum atomic E-state index is 11.9. The van der Waals surface area contributed by atoms with Crippen molar-refractivity contribution in [3.05, 3.63) is 95.1 Å². The van der Waals surface area contributed by atoms with E-state index in [1.54, 1.807) is 0 Å². The SMILES string of the molecule is CC(CC(C)(C)C)c1cc(Cc2cc(C(C)(C)CC(C)(C)C)cc(-n3nc4ccccc4n3)c2O)c(O)c(-n2nc3ccccc3n2)c1. The first-order valence-electron chi connectivity index (χ1n) is 16.8. The Balaban J connectivity index is 1.53. The highest BCUT2D eigenvalue weighted by atomic mass is 16.3. The quantitative estimate of drug-likeness (QED) is 0.171. The van der Waals surface area contributed by atoms with E-state index in [1.807, 2.05) is 60.7 Å². The van der Waals surface area contributed by atoms with Crippen molar-refractivity contribution in [2.75, 3.05) is 0 Å². The van der Waals surface area contributed by atoms with E-state index < -0.39 is 0 Å². The number of fused-ring (bicyclic) bond motifs is 2. The minimum Gasteiger partial charge on any atom is -0.505 e. The van der Waals surface area contributed by atoms with Crippen molar-refractivity contribution in [3.8, 4) is 22.9 Å². The van der Waals surface area contributed by atoms with E-state index in [0.717, 1.165) is 46.0 Å². The Kier molecular flexibility index (Phi) is 8.34. The van der Waals surface area contributed by atoms with E-state index in [0.29, 0.717) is 22.5 Å². The van der Waals surface area contributed by atoms with Crippen molar-refractivity contribution >= 4 is 22.1 Å². The standard InChI is InChI=1S/C40H48N6O2/c1-25(23-38(2,3)4)26-18-27(36(47)34(21-26)45-41-30-14-10-11-15-31(30)42-45)19-28-20-29(40(8,9)24-39(5,6)7)22-35(37(28)48)46-43-32-16-12-13-17-33(32)44-46/h10-18,20-22,25,47-48H,19,23-24H2,1-9H3. The fourth-order valence-corrected chi connectivity index (χ4v) is 7.23. The number of phenols is 2. The molecule has 48 heavy (non-hydrogen) atoms. The third-order valence-corrected chi connectivity index (χ3v) is 8.99. The molecule has 0 bridgehead atoms. The molecule has 4 aromatic carbocycles. The van der Waals surface area contributed by atoms with Crippen molar-refractivity contribution in [1.29, 1.82) is 0 Å². The molecule has 0 amide bonds. The maximum absolute atomic E-state index is 11.9. The summed E-state index contributed by atoms with van der Waals surface area (Å²) in [5.74, 6) is 0.378. The predicted molar refractivity (Wildman–Crippen MR) is 193 cm³/mol. The van der Waals surface area contributed by atoms with Crippen LogP contribution in [0.4, 0.5) is 0 Å². The van der Waals surface area contributed by atoms with Gasteiger partial charge in [0.25, 0.3) is 0 Å². The topological polar surface area (TPSA) is 102 Å². The van der Waals surface area contributed by atoms with Crippen molar-refractivity contribution in [2.45, 2.75) is 92.9 Å². The van der Waals surface area contributed by atoms with Gasteiger partial charge in [0.05, 0.1) is 0 Å². The first-order valence-corrected chi connectivity index (χ1v) is 16.8. The lowest BCUT2D eigenvalue weighted by Crippen LogP contribution is -2.25. The highest BCUT2D eigenvalue weighted by Gasteiger charge is 2.30. The van der Waals surface area contributed by atoms with Crippen molar-refractivity contribution in [3.63, 3.8) is 0 Å². The van der Waals surface area contributed by atoms with Crippen LogP contribution in [0, 0.1) is 10.8 Å². The van der Waals surface area contributed by atoms with Crippen LogP contribution in [0.5, 0.6) is 11.5 Å². The summed E-state index contributed by atoms with van der Waals surface area (Å²) in [7, 11) is 0. The Morgan fingerprint density at radius 2 is 1.04 bits per heavy atom. The molecule has 250 valence electrons. The van der Waals surface area contributed by atoms with E-state index >= 15 is 0 Å². The largest absolute Gasteiger partial charge is 0.505 e. The second kappa shape index (κ2) is 12.1. The first-order chi connectivity index (χ1) is 22.5. The van der Waals surface area contributed by atoms with Crippen molar-refractivity contribution in [1.82, 2.24) is 30.0 Å². The molecule has 1 atom stereocenters. The number of nitrogens with zero attached hydrogens (tertiary/aromatic N) is 6. The second-order valence-electron chi connectivity index (χ2n) is 16.5. The highest BCUT2D eigenvalue weighted by molar-refractivity contribution is 5.75. The Bertz CT molecular complexity index is 2040. The summed E-state index contributed by atoms with van der Waals surface area (Å²) in [5, 5.41) is 42.7. The summed E-state index contributed by atoms with van der Waals surface area (Å²) in [6.45, 7) is 20.2. The maximum Gasteiger partial charge on any atom is 0.146 e. The van der Waals surface area contributed by atoms with Crippen molar-refractivity contribution < 1.29 is 10.2 Å². The molecule has 2 N–H and O–H groups in total. The zero-order chi connectivity index (χ0) is 34.6. The molecule has 0 aliphatic carbocycles. The summed E-state index contributed by atoms with van der Waals surface area (Å²) in [6, 6.07) is 23.6. The molecule has 0 spiro atoms. The van der Waals surface area contributed by atoms with Crippen LogP contribution in [0.3, 0.4) is 0 Å². The minimum atomic E-state index is -0.225. The number of rotatable bonds is 8. The monoisotopic (exact) mass is 644 g/mol. The highest BCUT2D eigenvalue weighted by Crippen LogP contribution is 2.42. The van der Waals surface area contributed by atoms with Crippen LogP contribution >= 0.6 is 0 Å². The fourth-order valence-electron chi connectivity index (χ4n) is 7.23. The number of hydrogen-bond acceptors (Lipinski definition) is 6. The van der Waals surface area contributed by atoms with Crippen LogP contribution in [-0.4, -0.2) is 40.2 Å². The zero-order valence-corrected chi connectivity index (χ0v) is 29.7. The molecule has 1 unspecified atom stereocenters. The lowest BCUT2D eigenvalue weighted by molar-refractivity contribution is 0.284. The molecule has 6 rings (SSSR count). The van der Waals surface area contributed by atoms with Crippen LogP contribution in [0.2, 0.25) is 0 Å². The summed E-state index contributed by atoms with van der Waals surface area (Å²) >= 11 is 0. The Morgan fingerprint density at radius 3 is 1.48 bits per heavy atom. The molecular weight excluding hydrogens is 596 g/mol. The molecule has 6 aromatic rings. The van der Waals surface area contributed by atoms with Gasteiger partial charge >= 0.3 is 0 Å². The summed E-state index contributed by atoms with van der Waals surface area (Å²) < 4.78 is 0. The molecule has 8 heteroatoms. The van der Waals surface area contributed by atoms with Crippen LogP contribution in [0.1, 0.15) is 103 Å². The van der Waals surface area contributed by atoms with Crippen LogP contribution in [0.25, 0.3) is 33.4 Å². The third-order valence-electron chi connectivity index (χ3n) is 8.99. The smallest absolute Gasteiger partial charge is 0.146 e. The number of benzene rings is 4. The average molecular weight is 645 g/mol. The molecule has 0 saturated carbocycles. The van der Waals surface area contributed by atoms with Gasteiger partial charge in [0.1, 0.15) is 44.9 Å². The van der Waals surface area contributed by atoms with E-state index in [1.165, 1.54) is 9.59 Å². The number of phenolic OH excluding ortho intramolecular Hbond substituents is 2. The molecule has 0 aliphatic rings. The molecule has 0 aliphatic heterocycles. The van der Waals surface area contributed by atoms with Crippen LogP contribution in [0.15, 0.2) is 72.8 Å². The van der Waals surface area contributed by atoms with Gasteiger partial charge in [0, 0.05) is 17.5 Å².